The van der Waals surface area contributed by atoms with Crippen LogP contribution in [-0.2, 0) is 21.3 Å². The van der Waals surface area contributed by atoms with Crippen molar-refractivity contribution in [1.82, 2.24) is 9.71 Å². The van der Waals surface area contributed by atoms with E-state index in [0.29, 0.717) is 17.0 Å². The van der Waals surface area contributed by atoms with Crippen molar-refractivity contribution in [3.05, 3.63) is 52.6 Å². The van der Waals surface area contributed by atoms with Crippen molar-refractivity contribution in [3.63, 3.8) is 0 Å². The minimum absolute atomic E-state index is 0.000885. The number of H-pyrrole nitrogens is 1. The fourth-order valence-corrected chi connectivity index (χ4v) is 3.86. The number of hydrogen-bond donors (Lipinski definition) is 2. The predicted octanol–water partition coefficient (Wildman–Crippen LogP) is 2.43. The first-order valence-electron chi connectivity index (χ1n) is 7.36. The third-order valence-electron chi connectivity index (χ3n) is 3.45. The Labute approximate surface area is 140 Å². The van der Waals surface area contributed by atoms with E-state index in [0.717, 1.165) is 0 Å². The van der Waals surface area contributed by atoms with Crippen molar-refractivity contribution in [2.24, 2.45) is 0 Å². The van der Waals surface area contributed by atoms with Gasteiger partial charge in [-0.3, -0.25) is 0 Å². The first kappa shape index (κ1) is 18.2. The molecule has 2 rings (SSSR count). The molecule has 0 saturated carbocycles. The Balaban J connectivity index is 2.32. The molecule has 2 aromatic rings. The molecular weight excluding hydrogens is 335 g/mol. The van der Waals surface area contributed by atoms with Gasteiger partial charge >= 0.3 is 5.97 Å². The van der Waals surface area contributed by atoms with Crippen molar-refractivity contribution in [1.29, 1.82) is 0 Å². The van der Waals surface area contributed by atoms with E-state index < -0.39 is 21.8 Å². The number of esters is 1. The number of carbonyl (C=O) groups is 1. The lowest BCUT2D eigenvalue weighted by atomic mass is 10.2. The van der Waals surface area contributed by atoms with Gasteiger partial charge in [-0.25, -0.2) is 22.3 Å². The van der Waals surface area contributed by atoms with Crippen LogP contribution >= 0.6 is 0 Å². The standard InChI is InChI=1S/C16H19FN2O4S/c1-4-23-16(20)14-10(2)19-11(3)15(14)24(21,22)18-9-12-5-7-13(17)8-6-12/h5-8,18-19H,4,9H2,1-3H3. The van der Waals surface area contributed by atoms with Crippen LogP contribution < -0.4 is 4.72 Å². The van der Waals surface area contributed by atoms with Crippen molar-refractivity contribution in [2.45, 2.75) is 32.2 Å². The summed E-state index contributed by atoms with van der Waals surface area (Å²) in [7, 11) is -3.95. The van der Waals surface area contributed by atoms with E-state index in [9.17, 15) is 17.6 Å². The molecular formula is C16H19FN2O4S. The van der Waals surface area contributed by atoms with E-state index in [4.69, 9.17) is 4.74 Å². The first-order chi connectivity index (χ1) is 11.3. The van der Waals surface area contributed by atoms with Crippen LogP contribution in [0.25, 0.3) is 0 Å². The molecule has 0 unspecified atom stereocenters. The maximum absolute atomic E-state index is 12.9. The minimum atomic E-state index is -3.95. The number of benzene rings is 1. The zero-order chi connectivity index (χ0) is 17.9. The Hall–Kier alpha value is -2.19. The van der Waals surface area contributed by atoms with Gasteiger partial charge in [0.15, 0.2) is 0 Å². The van der Waals surface area contributed by atoms with Crippen LogP contribution in [0.3, 0.4) is 0 Å². The maximum Gasteiger partial charge on any atom is 0.341 e. The number of aromatic amines is 1. The summed E-state index contributed by atoms with van der Waals surface area (Å²) < 4.78 is 45.5. The van der Waals surface area contributed by atoms with E-state index in [1.807, 2.05) is 0 Å². The second-order valence-corrected chi connectivity index (χ2v) is 6.95. The van der Waals surface area contributed by atoms with E-state index >= 15 is 0 Å². The van der Waals surface area contributed by atoms with E-state index in [-0.39, 0.29) is 23.6 Å². The Morgan fingerprint density at radius 1 is 1.21 bits per heavy atom. The lowest BCUT2D eigenvalue weighted by Crippen LogP contribution is -2.25. The number of sulfonamides is 1. The molecule has 0 aliphatic carbocycles. The van der Waals surface area contributed by atoms with Crippen molar-refractivity contribution >= 4 is 16.0 Å². The third kappa shape index (κ3) is 3.82. The minimum Gasteiger partial charge on any atom is -0.462 e. The largest absolute Gasteiger partial charge is 0.462 e. The molecule has 0 atom stereocenters. The van der Waals surface area contributed by atoms with Crippen LogP contribution in [0.5, 0.6) is 0 Å². The van der Waals surface area contributed by atoms with Gasteiger partial charge in [-0.05, 0) is 38.5 Å². The average molecular weight is 354 g/mol. The smallest absolute Gasteiger partial charge is 0.341 e. The number of hydrogen-bond acceptors (Lipinski definition) is 4. The molecule has 0 radical (unpaired) electrons. The summed E-state index contributed by atoms with van der Waals surface area (Å²) in [5.41, 5.74) is 1.37. The fraction of sp³-hybridized carbons (Fsp3) is 0.312. The summed E-state index contributed by atoms with van der Waals surface area (Å²) >= 11 is 0. The van der Waals surface area contributed by atoms with Crippen LogP contribution in [-0.4, -0.2) is 26.0 Å². The molecule has 0 spiro atoms. The quantitative estimate of drug-likeness (QED) is 0.780. The highest BCUT2D eigenvalue weighted by Gasteiger charge is 2.29. The van der Waals surface area contributed by atoms with Gasteiger partial charge < -0.3 is 9.72 Å². The number of aryl methyl sites for hydroxylation is 2. The zero-order valence-electron chi connectivity index (χ0n) is 13.6. The third-order valence-corrected chi connectivity index (χ3v) is 5.02. The number of rotatable bonds is 6. The summed E-state index contributed by atoms with van der Waals surface area (Å²) in [5.74, 6) is -1.09. The Morgan fingerprint density at radius 2 is 1.83 bits per heavy atom. The van der Waals surface area contributed by atoms with E-state index in [1.54, 1.807) is 20.8 Å². The lowest BCUT2D eigenvalue weighted by Gasteiger charge is -2.09. The summed E-state index contributed by atoms with van der Waals surface area (Å²) in [5, 5.41) is 0. The van der Waals surface area contributed by atoms with Gasteiger partial charge in [0.1, 0.15) is 16.3 Å². The van der Waals surface area contributed by atoms with Crippen molar-refractivity contribution in [3.8, 4) is 0 Å². The monoisotopic (exact) mass is 354 g/mol. The number of halogens is 1. The summed E-state index contributed by atoms with van der Waals surface area (Å²) in [6, 6.07) is 5.47. The van der Waals surface area contributed by atoms with Gasteiger partial charge in [0.2, 0.25) is 10.0 Å². The van der Waals surface area contributed by atoms with Gasteiger partial charge in [0, 0.05) is 17.9 Å². The number of carbonyl (C=O) groups excluding carboxylic acids is 1. The van der Waals surface area contributed by atoms with Gasteiger partial charge in [-0.15, -0.1) is 0 Å². The van der Waals surface area contributed by atoms with Gasteiger partial charge in [-0.1, -0.05) is 12.1 Å². The molecule has 8 heteroatoms. The summed E-state index contributed by atoms with van der Waals surface area (Å²) in [6.45, 7) is 4.95. The molecule has 24 heavy (non-hydrogen) atoms. The highest BCUT2D eigenvalue weighted by Crippen LogP contribution is 2.24. The van der Waals surface area contributed by atoms with Crippen LogP contribution in [0.2, 0.25) is 0 Å². The van der Waals surface area contributed by atoms with E-state index in [2.05, 4.69) is 9.71 Å². The van der Waals surface area contributed by atoms with Crippen LogP contribution in [0, 0.1) is 19.7 Å². The number of nitrogens with one attached hydrogen (secondary N) is 2. The van der Waals surface area contributed by atoms with Crippen LogP contribution in [0.1, 0.15) is 34.2 Å². The molecule has 0 fully saturated rings. The molecule has 0 aliphatic heterocycles. The molecule has 0 amide bonds. The molecule has 0 bridgehead atoms. The van der Waals surface area contributed by atoms with Crippen LogP contribution in [0.15, 0.2) is 29.2 Å². The molecule has 1 aromatic heterocycles. The van der Waals surface area contributed by atoms with Gasteiger partial charge in [0.05, 0.1) is 6.61 Å². The molecule has 130 valence electrons. The Kier molecular flexibility index (Phi) is 5.40. The van der Waals surface area contributed by atoms with Gasteiger partial charge in [-0.2, -0.15) is 0 Å². The summed E-state index contributed by atoms with van der Waals surface area (Å²) in [6.07, 6.45) is 0. The van der Waals surface area contributed by atoms with E-state index in [1.165, 1.54) is 24.3 Å². The molecule has 6 nitrogen and oxygen atoms in total. The predicted molar refractivity (Wildman–Crippen MR) is 86.6 cm³/mol. The number of aromatic nitrogens is 1. The SMILES string of the molecule is CCOC(=O)c1c(C)[nH]c(C)c1S(=O)(=O)NCc1ccc(F)cc1. The fourth-order valence-electron chi connectivity index (χ4n) is 2.40. The topological polar surface area (TPSA) is 88.3 Å². The van der Waals surface area contributed by atoms with Crippen LogP contribution in [0.4, 0.5) is 4.39 Å². The molecule has 0 aliphatic rings. The molecule has 1 aromatic carbocycles. The second kappa shape index (κ2) is 7.14. The normalized spacial score (nSPS) is 11.5. The maximum atomic E-state index is 12.9. The molecule has 2 N–H and O–H groups in total. The average Bonchev–Trinajstić information content (AvgIpc) is 2.82. The summed E-state index contributed by atoms with van der Waals surface area (Å²) in [4.78, 5) is 14.8. The Morgan fingerprint density at radius 3 is 2.42 bits per heavy atom. The highest BCUT2D eigenvalue weighted by atomic mass is 32.2. The lowest BCUT2D eigenvalue weighted by molar-refractivity contribution is 0.0521. The second-order valence-electron chi connectivity index (χ2n) is 5.25. The van der Waals surface area contributed by atoms with Gasteiger partial charge in [0.25, 0.3) is 0 Å². The highest BCUT2D eigenvalue weighted by molar-refractivity contribution is 7.89. The van der Waals surface area contributed by atoms with Crippen molar-refractivity contribution in [2.75, 3.05) is 6.61 Å². The molecule has 0 saturated heterocycles. The van der Waals surface area contributed by atoms with Crippen molar-refractivity contribution < 1.29 is 22.3 Å². The number of ether oxygens (including phenoxy) is 1. The molecule has 1 heterocycles. The zero-order valence-corrected chi connectivity index (χ0v) is 14.5. The Bertz CT molecular complexity index is 842. The first-order valence-corrected chi connectivity index (χ1v) is 8.85.